The average molecular weight is 345 g/mol. The van der Waals surface area contributed by atoms with Gasteiger partial charge in [0.15, 0.2) is 0 Å². The fourth-order valence-electron chi connectivity index (χ4n) is 1.86. The maximum absolute atomic E-state index is 11.7. The fourth-order valence-corrected chi connectivity index (χ4v) is 3.01. The standard InChI is InChI=1S/C16H15N3O2S2/c20-15(19-11-14-2-1-8-22-14)18-10-12-3-5-13(6-4-12)21-16-17-7-9-23-16/h1-9H,10-11H2,(H2,18,19,20). The molecule has 2 N–H and O–H groups in total. The molecular formula is C16H15N3O2S2. The van der Waals surface area contributed by atoms with Crippen molar-refractivity contribution in [1.29, 1.82) is 0 Å². The van der Waals surface area contributed by atoms with Gasteiger partial charge in [0.05, 0.1) is 6.54 Å². The number of urea groups is 1. The lowest BCUT2D eigenvalue weighted by atomic mass is 10.2. The molecule has 2 heterocycles. The minimum atomic E-state index is -0.179. The molecular weight excluding hydrogens is 330 g/mol. The average Bonchev–Trinajstić information content (AvgIpc) is 3.26. The van der Waals surface area contributed by atoms with Crippen LogP contribution in [0.15, 0.2) is 53.4 Å². The second-order valence-corrected chi connectivity index (χ2v) is 6.55. The van der Waals surface area contributed by atoms with Crippen molar-refractivity contribution in [2.45, 2.75) is 13.1 Å². The molecule has 0 radical (unpaired) electrons. The van der Waals surface area contributed by atoms with E-state index in [1.165, 1.54) is 11.3 Å². The Morgan fingerprint density at radius 3 is 2.57 bits per heavy atom. The third kappa shape index (κ3) is 4.80. The van der Waals surface area contributed by atoms with E-state index in [2.05, 4.69) is 15.6 Å². The number of ether oxygens (including phenoxy) is 1. The Bertz CT molecular complexity index is 725. The van der Waals surface area contributed by atoms with Crippen LogP contribution in [0.4, 0.5) is 4.79 Å². The lowest BCUT2D eigenvalue weighted by Gasteiger charge is -2.07. The number of nitrogens with one attached hydrogen (secondary N) is 2. The summed E-state index contributed by atoms with van der Waals surface area (Å²) in [5.74, 6) is 0.728. The first kappa shape index (κ1) is 15.5. The van der Waals surface area contributed by atoms with Crippen LogP contribution < -0.4 is 15.4 Å². The fraction of sp³-hybridized carbons (Fsp3) is 0.125. The van der Waals surface area contributed by atoms with Gasteiger partial charge in [-0.15, -0.1) is 11.3 Å². The van der Waals surface area contributed by atoms with Gasteiger partial charge in [-0.1, -0.05) is 29.5 Å². The van der Waals surface area contributed by atoms with E-state index >= 15 is 0 Å². The first-order chi connectivity index (χ1) is 11.3. The number of benzene rings is 1. The molecule has 0 atom stereocenters. The summed E-state index contributed by atoms with van der Waals surface area (Å²) in [5, 5.41) is 10.1. The molecule has 5 nitrogen and oxygen atoms in total. The van der Waals surface area contributed by atoms with Crippen molar-refractivity contribution < 1.29 is 9.53 Å². The molecule has 0 unspecified atom stereocenters. The molecule has 3 rings (SSSR count). The number of hydrogen-bond acceptors (Lipinski definition) is 5. The number of thiophene rings is 1. The van der Waals surface area contributed by atoms with Crippen LogP contribution >= 0.6 is 22.7 Å². The van der Waals surface area contributed by atoms with Gasteiger partial charge in [-0.25, -0.2) is 9.78 Å². The topological polar surface area (TPSA) is 63.2 Å². The third-order valence-corrected chi connectivity index (χ3v) is 4.52. The maximum Gasteiger partial charge on any atom is 0.315 e. The summed E-state index contributed by atoms with van der Waals surface area (Å²) in [6.07, 6.45) is 1.70. The van der Waals surface area contributed by atoms with E-state index in [-0.39, 0.29) is 6.03 Å². The zero-order valence-corrected chi connectivity index (χ0v) is 13.8. The Morgan fingerprint density at radius 2 is 1.87 bits per heavy atom. The number of carbonyl (C=O) groups is 1. The van der Waals surface area contributed by atoms with Gasteiger partial charge in [0, 0.05) is 23.0 Å². The normalized spacial score (nSPS) is 10.3. The minimum Gasteiger partial charge on any atom is -0.431 e. The van der Waals surface area contributed by atoms with Crippen LogP contribution in [0.5, 0.6) is 10.9 Å². The summed E-state index contributed by atoms with van der Waals surface area (Å²) >= 11 is 3.06. The second kappa shape index (κ2) is 7.75. The van der Waals surface area contributed by atoms with Crippen molar-refractivity contribution >= 4 is 28.7 Å². The van der Waals surface area contributed by atoms with Crippen LogP contribution in [0, 0.1) is 0 Å². The van der Waals surface area contributed by atoms with Gasteiger partial charge >= 0.3 is 6.03 Å². The minimum absolute atomic E-state index is 0.179. The van der Waals surface area contributed by atoms with Gasteiger partial charge in [-0.2, -0.15) is 0 Å². The first-order valence-corrected chi connectivity index (χ1v) is 8.76. The molecule has 0 spiro atoms. The van der Waals surface area contributed by atoms with Gasteiger partial charge in [-0.05, 0) is 29.1 Å². The van der Waals surface area contributed by atoms with Crippen molar-refractivity contribution in [2.75, 3.05) is 0 Å². The predicted octanol–water partition coefficient (Wildman–Crippen LogP) is 4.00. The largest absolute Gasteiger partial charge is 0.431 e. The molecule has 0 aliphatic carbocycles. The van der Waals surface area contributed by atoms with Gasteiger partial charge in [0.1, 0.15) is 5.75 Å². The summed E-state index contributed by atoms with van der Waals surface area (Å²) in [7, 11) is 0. The van der Waals surface area contributed by atoms with E-state index in [4.69, 9.17) is 4.74 Å². The molecule has 0 bridgehead atoms. The van der Waals surface area contributed by atoms with E-state index in [1.807, 2.05) is 47.2 Å². The number of nitrogens with zero attached hydrogens (tertiary/aromatic N) is 1. The van der Waals surface area contributed by atoms with Crippen LogP contribution in [0.3, 0.4) is 0 Å². The molecule has 1 aromatic carbocycles. The Labute approximate surface area is 142 Å². The van der Waals surface area contributed by atoms with E-state index < -0.39 is 0 Å². The molecule has 0 fully saturated rings. The molecule has 7 heteroatoms. The molecule has 0 aliphatic rings. The quantitative estimate of drug-likeness (QED) is 0.710. The molecule has 0 saturated carbocycles. The van der Waals surface area contributed by atoms with E-state index in [0.29, 0.717) is 18.3 Å². The molecule has 2 aromatic heterocycles. The monoisotopic (exact) mass is 345 g/mol. The first-order valence-electron chi connectivity index (χ1n) is 7.00. The Morgan fingerprint density at radius 1 is 1.04 bits per heavy atom. The molecule has 118 valence electrons. The summed E-state index contributed by atoms with van der Waals surface area (Å²) < 4.78 is 5.59. The van der Waals surface area contributed by atoms with E-state index in [1.54, 1.807) is 17.5 Å². The molecule has 0 saturated heterocycles. The highest BCUT2D eigenvalue weighted by atomic mass is 32.1. The van der Waals surface area contributed by atoms with Gasteiger partial charge < -0.3 is 15.4 Å². The zero-order valence-electron chi connectivity index (χ0n) is 12.2. The molecule has 2 amide bonds. The van der Waals surface area contributed by atoms with Crippen molar-refractivity contribution in [1.82, 2.24) is 15.6 Å². The highest BCUT2D eigenvalue weighted by molar-refractivity contribution is 7.11. The Balaban J connectivity index is 1.43. The maximum atomic E-state index is 11.7. The van der Waals surface area contributed by atoms with Crippen LogP contribution in [0.25, 0.3) is 0 Å². The summed E-state index contributed by atoms with van der Waals surface area (Å²) in [4.78, 5) is 16.9. The summed E-state index contributed by atoms with van der Waals surface area (Å²) in [5.41, 5.74) is 1.00. The number of hydrogen-bond donors (Lipinski definition) is 2. The Hall–Kier alpha value is -2.38. The van der Waals surface area contributed by atoms with E-state index in [0.717, 1.165) is 16.2 Å². The van der Waals surface area contributed by atoms with Crippen molar-refractivity contribution in [3.8, 4) is 10.9 Å². The third-order valence-electron chi connectivity index (χ3n) is 2.99. The number of rotatable bonds is 6. The molecule has 0 aliphatic heterocycles. The van der Waals surface area contributed by atoms with Gasteiger partial charge in [0.2, 0.25) is 0 Å². The highest BCUT2D eigenvalue weighted by Gasteiger charge is 2.03. The predicted molar refractivity (Wildman–Crippen MR) is 92.0 cm³/mol. The van der Waals surface area contributed by atoms with Crippen LogP contribution in [0.2, 0.25) is 0 Å². The zero-order chi connectivity index (χ0) is 15.9. The van der Waals surface area contributed by atoms with Crippen molar-refractivity contribution in [2.24, 2.45) is 0 Å². The van der Waals surface area contributed by atoms with Crippen molar-refractivity contribution in [3.63, 3.8) is 0 Å². The second-order valence-electron chi connectivity index (χ2n) is 4.66. The number of amides is 2. The van der Waals surface area contributed by atoms with Crippen LogP contribution in [-0.2, 0) is 13.1 Å². The van der Waals surface area contributed by atoms with Crippen LogP contribution in [-0.4, -0.2) is 11.0 Å². The SMILES string of the molecule is O=C(NCc1ccc(Oc2nccs2)cc1)NCc1cccs1. The van der Waals surface area contributed by atoms with Gasteiger partial charge in [0.25, 0.3) is 5.19 Å². The smallest absolute Gasteiger partial charge is 0.315 e. The number of carbonyl (C=O) groups excluding carboxylic acids is 1. The summed E-state index contributed by atoms with van der Waals surface area (Å²) in [6, 6.07) is 11.3. The lowest BCUT2D eigenvalue weighted by molar-refractivity contribution is 0.240. The molecule has 23 heavy (non-hydrogen) atoms. The van der Waals surface area contributed by atoms with Crippen LogP contribution in [0.1, 0.15) is 10.4 Å². The number of aromatic nitrogens is 1. The number of thiazole rings is 1. The highest BCUT2D eigenvalue weighted by Crippen LogP contribution is 2.23. The molecule has 3 aromatic rings. The van der Waals surface area contributed by atoms with E-state index in [9.17, 15) is 4.79 Å². The van der Waals surface area contributed by atoms with Gasteiger partial charge in [-0.3, -0.25) is 0 Å². The summed E-state index contributed by atoms with van der Waals surface area (Å²) in [6.45, 7) is 1.01. The Kier molecular flexibility index (Phi) is 5.23. The lowest BCUT2D eigenvalue weighted by Crippen LogP contribution is -2.34. The van der Waals surface area contributed by atoms with Crippen molar-refractivity contribution in [3.05, 3.63) is 63.8 Å².